The Bertz CT molecular complexity index is 2340. The predicted octanol–water partition coefficient (Wildman–Crippen LogP) is 41.3. The molecule has 0 N–H and O–H groups in total. The Balaban J connectivity index is 0.000000635. The molecule has 117 heavy (non-hydrogen) atoms. The van der Waals surface area contributed by atoms with Gasteiger partial charge in [-0.3, -0.25) is 0 Å². The van der Waals surface area contributed by atoms with Gasteiger partial charge in [0, 0.05) is 0 Å². The largest absolute Gasteiger partial charge is 0.0628 e. The smallest absolute Gasteiger partial charge is 0.0132 e. The standard InChI is InChI=1S/2C11H22.C10H20.C10H14.5C9H18.2C8H16.2C7H14/c1-11(2,3)9-10-7-5-4-6-8-10;1-11(2,3)10-8-6-4-5-7-9-10;1-10(2,3)8-9-6-4-5-7-9;1-10(2,3)9-7-5-4-6-8-9;1-9(2,3)7-6-8-4-5-8;1-9(2,3)7-8-5-4-6-8;1-8(2)6-7-9-4-3-5-9;1-8(2)4-3-5-9-6-7-9;1-8(2)9-6-4-3-5-7-9;1-8(2,3)6-7-4-5-7;1-7(2)8-5-3-4-6-8;1-7(2,3)6-4-5-6;1-6(2)7-4-3-5-7/h2*10H,4-9H2,1-3H3;9H,4-8H2,1-3H3;4-8H,1-3H3;2*8H,4-7H2,1-3H3;3*8-9H,3-7H2,1-2H3;7H,4-6H2,1-3H3;7-8H,3-6H2,1-2H3;6H,4-5H2,1-3H3;6-7H,3-5H2,1-2H3. The van der Waals surface area contributed by atoms with E-state index in [1.165, 1.54) is 339 Å². The van der Waals surface area contributed by atoms with Crippen molar-refractivity contribution in [2.45, 2.75) is 575 Å². The molecule has 696 valence electrons. The highest BCUT2D eigenvalue weighted by atomic mass is 14.4. The van der Waals surface area contributed by atoms with Crippen LogP contribution in [0.15, 0.2) is 30.3 Å². The van der Waals surface area contributed by atoms with Crippen LogP contribution in [0.25, 0.3) is 0 Å². The Morgan fingerprint density at radius 1 is 0.239 bits per heavy atom. The molecule has 0 heteroatoms. The molecule has 0 aliphatic heterocycles. The Morgan fingerprint density at radius 3 is 0.718 bits per heavy atom. The van der Waals surface area contributed by atoms with Gasteiger partial charge >= 0.3 is 0 Å². The molecule has 0 atom stereocenters. The van der Waals surface area contributed by atoms with Crippen LogP contribution in [0.5, 0.6) is 0 Å². The van der Waals surface area contributed by atoms with Crippen LogP contribution in [0.2, 0.25) is 0 Å². The lowest BCUT2D eigenvalue weighted by atomic mass is 9.74. The average Bonchev–Trinajstić information content (AvgIpc) is 1.71. The quantitative estimate of drug-likeness (QED) is 0.145. The van der Waals surface area contributed by atoms with Gasteiger partial charge in [-0.15, -0.1) is 0 Å². The van der Waals surface area contributed by atoms with Crippen LogP contribution >= 0.6 is 0 Å². The number of hydrogen-bond donors (Lipinski definition) is 0. The van der Waals surface area contributed by atoms with Crippen molar-refractivity contribution in [3.05, 3.63) is 35.9 Å². The zero-order valence-electron chi connectivity index (χ0n) is 88.0. The highest BCUT2D eigenvalue weighted by Crippen LogP contribution is 2.46. The van der Waals surface area contributed by atoms with Crippen LogP contribution in [0.1, 0.15) is 575 Å². The molecular formula is C117H228. The summed E-state index contributed by atoms with van der Waals surface area (Å²) in [6.45, 7) is 79.3. The Kier molecular flexibility index (Phi) is 58.6. The minimum atomic E-state index is 0.293. The van der Waals surface area contributed by atoms with Crippen LogP contribution < -0.4 is 0 Å². The lowest BCUT2D eigenvalue weighted by Crippen LogP contribution is -2.19. The van der Waals surface area contributed by atoms with E-state index < -0.39 is 0 Å². The second kappa shape index (κ2) is 60.0. The molecule has 0 nitrogen and oxygen atoms in total. The van der Waals surface area contributed by atoms with Gasteiger partial charge in [0.15, 0.2) is 0 Å². The maximum Gasteiger partial charge on any atom is -0.0132 e. The summed E-state index contributed by atoms with van der Waals surface area (Å²) in [4.78, 5) is 0. The summed E-state index contributed by atoms with van der Waals surface area (Å²) in [5.74, 6) is 17.6. The van der Waals surface area contributed by atoms with Crippen molar-refractivity contribution >= 4 is 0 Å². The summed E-state index contributed by atoms with van der Waals surface area (Å²) >= 11 is 0. The average molecular weight is 1640 g/mol. The maximum atomic E-state index is 2.39. The van der Waals surface area contributed by atoms with Crippen molar-refractivity contribution in [3.8, 4) is 0 Å². The molecule has 0 heterocycles. The molecule has 12 fully saturated rings. The molecule has 0 unspecified atom stereocenters. The molecule has 0 bridgehead atoms. The fraction of sp³-hybridized carbons (Fsp3) is 0.949. The van der Waals surface area contributed by atoms with E-state index in [1.54, 1.807) is 0 Å². The molecule has 12 aliphatic rings. The van der Waals surface area contributed by atoms with E-state index in [9.17, 15) is 0 Å². The number of rotatable bonds is 16. The first-order chi connectivity index (χ1) is 54.2. The third kappa shape index (κ3) is 72.0. The normalized spacial score (nSPS) is 20.9. The van der Waals surface area contributed by atoms with Crippen molar-refractivity contribution in [3.63, 3.8) is 0 Å². The van der Waals surface area contributed by atoms with E-state index in [4.69, 9.17) is 0 Å². The van der Waals surface area contributed by atoms with Gasteiger partial charge in [-0.1, -0.05) is 535 Å². The van der Waals surface area contributed by atoms with Crippen molar-refractivity contribution in [1.82, 2.24) is 0 Å². The summed E-state index contributed by atoms with van der Waals surface area (Å²) in [5.41, 5.74) is 5.72. The second-order valence-electron chi connectivity index (χ2n) is 53.2. The van der Waals surface area contributed by atoms with Gasteiger partial charge < -0.3 is 0 Å². The van der Waals surface area contributed by atoms with Gasteiger partial charge in [0.25, 0.3) is 0 Å². The van der Waals surface area contributed by atoms with Crippen LogP contribution in [-0.2, 0) is 5.41 Å². The molecule has 12 saturated carbocycles. The van der Waals surface area contributed by atoms with E-state index in [-0.39, 0.29) is 0 Å². The molecule has 0 saturated heterocycles. The zero-order valence-corrected chi connectivity index (χ0v) is 88.0. The van der Waals surface area contributed by atoms with Gasteiger partial charge in [-0.2, -0.15) is 0 Å². The zero-order chi connectivity index (χ0) is 88.7. The second-order valence-corrected chi connectivity index (χ2v) is 53.2. The highest BCUT2D eigenvalue weighted by molar-refractivity contribution is 5.22. The first-order valence-corrected chi connectivity index (χ1v) is 53.3. The first-order valence-electron chi connectivity index (χ1n) is 53.3. The molecular weight excluding hydrogens is 1410 g/mol. The molecule has 0 spiro atoms. The van der Waals surface area contributed by atoms with Gasteiger partial charge in [-0.25, -0.2) is 0 Å². The van der Waals surface area contributed by atoms with E-state index in [0.29, 0.717) is 43.3 Å². The minimum absolute atomic E-state index is 0.293. The van der Waals surface area contributed by atoms with E-state index >= 15 is 0 Å². The van der Waals surface area contributed by atoms with Crippen molar-refractivity contribution in [2.75, 3.05) is 0 Å². The highest BCUT2D eigenvalue weighted by Gasteiger charge is 2.34. The van der Waals surface area contributed by atoms with E-state index in [2.05, 4.69) is 266 Å². The fourth-order valence-corrected chi connectivity index (χ4v) is 19.3. The molecule has 1 aromatic carbocycles. The molecule has 0 radical (unpaired) electrons. The van der Waals surface area contributed by atoms with Gasteiger partial charge in [0.05, 0.1) is 0 Å². The lowest BCUT2D eigenvalue weighted by molar-refractivity contribution is 0.207. The lowest BCUT2D eigenvalue weighted by Gasteiger charge is -2.31. The summed E-state index contributed by atoms with van der Waals surface area (Å²) in [6.07, 6.45) is 77.3. The van der Waals surface area contributed by atoms with Crippen LogP contribution in [0.4, 0.5) is 0 Å². The monoisotopic (exact) mass is 1630 g/mol. The van der Waals surface area contributed by atoms with Crippen molar-refractivity contribution in [2.24, 2.45) is 139 Å². The third-order valence-electron chi connectivity index (χ3n) is 28.7. The Labute approximate surface area is 744 Å². The SMILES string of the molecule is CC(C)(C)C1CC1.CC(C)(C)C1CCCCCC1.CC(C)(C)CC1CC1.CC(C)(C)CC1CCC1.CC(C)(C)CC1CCCC1.CC(C)(C)CC1CCCCC1.CC(C)(C)CCC1CC1.CC(C)(C)c1ccccc1.CC(C)C1CCC1.CC(C)C1CCCC1.CC(C)C1CCCCC1.CC(C)CCC1CCC1.CC(C)CCCC1CC1. The summed E-state index contributed by atoms with van der Waals surface area (Å²) in [7, 11) is 0. The molecule has 0 amide bonds. The van der Waals surface area contributed by atoms with Crippen molar-refractivity contribution in [1.29, 1.82) is 0 Å². The number of benzene rings is 1. The Morgan fingerprint density at radius 2 is 0.496 bits per heavy atom. The molecule has 13 rings (SSSR count). The summed E-state index contributed by atoms with van der Waals surface area (Å²) in [5, 5.41) is 0. The van der Waals surface area contributed by atoms with E-state index in [0.717, 1.165) is 101 Å². The van der Waals surface area contributed by atoms with Gasteiger partial charge in [0.2, 0.25) is 0 Å². The summed E-state index contributed by atoms with van der Waals surface area (Å²) in [6, 6.07) is 10.6. The summed E-state index contributed by atoms with van der Waals surface area (Å²) < 4.78 is 0. The van der Waals surface area contributed by atoms with Gasteiger partial charge in [-0.05, 0) is 214 Å². The van der Waals surface area contributed by atoms with Crippen LogP contribution in [0, 0.1) is 139 Å². The predicted molar refractivity (Wildman–Crippen MR) is 537 cm³/mol. The van der Waals surface area contributed by atoms with Crippen molar-refractivity contribution < 1.29 is 0 Å². The maximum absolute atomic E-state index is 2.39. The molecule has 1 aromatic rings. The van der Waals surface area contributed by atoms with Crippen LogP contribution in [0.3, 0.4) is 0 Å². The minimum Gasteiger partial charge on any atom is -0.0628 e. The van der Waals surface area contributed by atoms with E-state index in [1.807, 2.05) is 0 Å². The topological polar surface area (TPSA) is 0 Å². The first kappa shape index (κ1) is 114. The third-order valence-corrected chi connectivity index (χ3v) is 28.7. The van der Waals surface area contributed by atoms with Gasteiger partial charge in [0.1, 0.15) is 0 Å². The number of hydrogen-bond acceptors (Lipinski definition) is 0. The Hall–Kier alpha value is -0.780. The molecule has 12 aliphatic carbocycles. The molecule has 0 aromatic heterocycles. The van der Waals surface area contributed by atoms with Crippen LogP contribution in [-0.4, -0.2) is 0 Å². The fourth-order valence-electron chi connectivity index (χ4n) is 19.3.